The van der Waals surface area contributed by atoms with Crippen molar-refractivity contribution in [2.75, 3.05) is 7.05 Å². The lowest BCUT2D eigenvalue weighted by molar-refractivity contribution is 0.201. The number of aryl methyl sites for hydroxylation is 1. The van der Waals surface area contributed by atoms with Crippen LogP contribution in [0.25, 0.3) is 0 Å². The third-order valence-corrected chi connectivity index (χ3v) is 4.08. The van der Waals surface area contributed by atoms with Crippen molar-refractivity contribution in [1.82, 2.24) is 9.88 Å². The van der Waals surface area contributed by atoms with Crippen molar-refractivity contribution in [2.24, 2.45) is 5.73 Å². The summed E-state index contributed by atoms with van der Waals surface area (Å²) in [6.45, 7) is 5.19. The lowest BCUT2D eigenvalue weighted by atomic mass is 9.96. The number of nitrogens with zero attached hydrogens (tertiary/aromatic N) is 2. The number of likely N-dealkylation sites (N-methyl/N-ethyl adjacent to an activating group) is 1. The van der Waals surface area contributed by atoms with Gasteiger partial charge in [-0.1, -0.05) is 31.2 Å². The van der Waals surface area contributed by atoms with Crippen molar-refractivity contribution in [3.63, 3.8) is 0 Å². The molecule has 0 aliphatic carbocycles. The lowest BCUT2D eigenvalue weighted by Crippen LogP contribution is -2.38. The molecule has 1 aromatic heterocycles. The second kappa shape index (κ2) is 7.34. The van der Waals surface area contributed by atoms with Gasteiger partial charge in [-0.25, -0.2) is 0 Å². The highest BCUT2D eigenvalue weighted by atomic mass is 15.1. The zero-order chi connectivity index (χ0) is 15.2. The fourth-order valence-electron chi connectivity index (χ4n) is 2.77. The van der Waals surface area contributed by atoms with Crippen molar-refractivity contribution >= 4 is 0 Å². The van der Waals surface area contributed by atoms with Gasteiger partial charge in [0.1, 0.15) is 0 Å². The van der Waals surface area contributed by atoms with E-state index < -0.39 is 0 Å². The molecule has 0 bridgehead atoms. The molecule has 0 aliphatic heterocycles. The Kier molecular flexibility index (Phi) is 5.48. The van der Waals surface area contributed by atoms with Crippen molar-refractivity contribution in [2.45, 2.75) is 38.9 Å². The molecule has 0 saturated heterocycles. The molecule has 0 spiro atoms. The van der Waals surface area contributed by atoms with Crippen LogP contribution in [0.3, 0.4) is 0 Å². The lowest BCUT2D eigenvalue weighted by Gasteiger charge is -2.33. The number of pyridine rings is 1. The number of aromatic nitrogens is 1. The Bertz CT molecular complexity index is 553. The van der Waals surface area contributed by atoms with Crippen molar-refractivity contribution < 1.29 is 0 Å². The van der Waals surface area contributed by atoms with Crippen molar-refractivity contribution in [3.8, 4) is 0 Å². The standard InChI is InChI=1S/C18H25N3/c1-4-17(19)18(15-9-11-20-12-10-15)21(3)13-16-8-6-5-7-14(16)2/h5-12,17-18H,4,13,19H2,1-3H3. The maximum atomic E-state index is 6.38. The van der Waals surface area contributed by atoms with E-state index in [-0.39, 0.29) is 12.1 Å². The summed E-state index contributed by atoms with van der Waals surface area (Å²) in [7, 11) is 2.15. The van der Waals surface area contributed by atoms with E-state index in [9.17, 15) is 0 Å². The Morgan fingerprint density at radius 3 is 2.43 bits per heavy atom. The minimum atomic E-state index is 0.112. The van der Waals surface area contributed by atoms with Crippen molar-refractivity contribution in [1.29, 1.82) is 0 Å². The van der Waals surface area contributed by atoms with Crippen LogP contribution in [0, 0.1) is 6.92 Å². The van der Waals surface area contributed by atoms with E-state index in [0.717, 1.165) is 13.0 Å². The molecule has 0 aliphatic rings. The maximum Gasteiger partial charge on any atom is 0.0500 e. The van der Waals surface area contributed by atoms with Gasteiger partial charge < -0.3 is 5.73 Å². The summed E-state index contributed by atoms with van der Waals surface area (Å²) in [6, 6.07) is 13.0. The van der Waals surface area contributed by atoms with Gasteiger partial charge in [0.2, 0.25) is 0 Å². The normalized spacial score (nSPS) is 14.1. The van der Waals surface area contributed by atoms with E-state index in [1.807, 2.05) is 12.4 Å². The predicted octanol–water partition coefficient (Wildman–Crippen LogP) is 3.30. The molecule has 0 fully saturated rings. The van der Waals surface area contributed by atoms with Crippen LogP contribution in [-0.2, 0) is 6.54 Å². The first kappa shape index (κ1) is 15.7. The zero-order valence-electron chi connectivity index (χ0n) is 13.2. The Hall–Kier alpha value is -1.71. The summed E-state index contributed by atoms with van der Waals surface area (Å²) < 4.78 is 0. The number of benzene rings is 1. The molecule has 1 heterocycles. The van der Waals surface area contributed by atoms with Gasteiger partial charge in [0, 0.05) is 25.0 Å². The first-order valence-corrected chi connectivity index (χ1v) is 7.53. The maximum absolute atomic E-state index is 6.38. The van der Waals surface area contributed by atoms with Gasteiger partial charge in [0.15, 0.2) is 0 Å². The largest absolute Gasteiger partial charge is 0.326 e. The number of nitrogens with two attached hydrogens (primary N) is 1. The van der Waals surface area contributed by atoms with Crippen LogP contribution in [0.1, 0.15) is 36.1 Å². The summed E-state index contributed by atoms with van der Waals surface area (Å²) >= 11 is 0. The van der Waals surface area contributed by atoms with Gasteiger partial charge >= 0.3 is 0 Å². The molecule has 2 rings (SSSR count). The summed E-state index contributed by atoms with van der Waals surface area (Å²) in [6.07, 6.45) is 4.63. The fourth-order valence-corrected chi connectivity index (χ4v) is 2.77. The molecule has 2 N–H and O–H groups in total. The van der Waals surface area contributed by atoms with E-state index in [4.69, 9.17) is 5.73 Å². The van der Waals surface area contributed by atoms with Gasteiger partial charge in [0.05, 0.1) is 6.04 Å². The molecule has 0 saturated carbocycles. The number of hydrogen-bond donors (Lipinski definition) is 1. The van der Waals surface area contributed by atoms with E-state index in [1.54, 1.807) is 0 Å². The van der Waals surface area contributed by atoms with Crippen LogP contribution in [0.4, 0.5) is 0 Å². The number of hydrogen-bond acceptors (Lipinski definition) is 3. The summed E-state index contributed by atoms with van der Waals surface area (Å²) in [5.41, 5.74) is 10.3. The molecule has 2 atom stereocenters. The molecule has 112 valence electrons. The highest BCUT2D eigenvalue weighted by molar-refractivity contribution is 5.26. The van der Waals surface area contributed by atoms with E-state index in [1.165, 1.54) is 16.7 Å². The van der Waals surface area contributed by atoms with Gasteiger partial charge in [-0.15, -0.1) is 0 Å². The Morgan fingerprint density at radius 1 is 1.14 bits per heavy atom. The Labute approximate surface area is 127 Å². The van der Waals surface area contributed by atoms with Crippen molar-refractivity contribution in [3.05, 3.63) is 65.5 Å². The zero-order valence-corrected chi connectivity index (χ0v) is 13.2. The minimum absolute atomic E-state index is 0.112. The molecule has 3 nitrogen and oxygen atoms in total. The monoisotopic (exact) mass is 283 g/mol. The highest BCUT2D eigenvalue weighted by Crippen LogP contribution is 2.25. The molecule has 0 radical (unpaired) electrons. The third kappa shape index (κ3) is 3.90. The smallest absolute Gasteiger partial charge is 0.0500 e. The summed E-state index contributed by atoms with van der Waals surface area (Å²) in [4.78, 5) is 6.45. The minimum Gasteiger partial charge on any atom is -0.326 e. The third-order valence-electron chi connectivity index (χ3n) is 4.08. The second-order valence-electron chi connectivity index (χ2n) is 5.64. The molecular weight excluding hydrogens is 258 g/mol. The average molecular weight is 283 g/mol. The predicted molar refractivity (Wildman–Crippen MR) is 87.9 cm³/mol. The molecular formula is C18H25N3. The summed E-state index contributed by atoms with van der Waals surface area (Å²) in [5.74, 6) is 0. The molecule has 3 heteroatoms. The highest BCUT2D eigenvalue weighted by Gasteiger charge is 2.23. The van der Waals surface area contributed by atoms with Crippen LogP contribution in [0.2, 0.25) is 0 Å². The first-order chi connectivity index (χ1) is 10.1. The molecule has 21 heavy (non-hydrogen) atoms. The van der Waals surface area contributed by atoms with Crippen LogP contribution in [-0.4, -0.2) is 23.0 Å². The molecule has 1 aromatic carbocycles. The van der Waals surface area contributed by atoms with Crippen LogP contribution < -0.4 is 5.73 Å². The van der Waals surface area contributed by atoms with Gasteiger partial charge in [-0.05, 0) is 49.2 Å². The Balaban J connectivity index is 2.23. The van der Waals surface area contributed by atoms with Gasteiger partial charge in [-0.2, -0.15) is 0 Å². The molecule has 2 unspecified atom stereocenters. The fraction of sp³-hybridized carbons (Fsp3) is 0.389. The van der Waals surface area contributed by atoms with E-state index >= 15 is 0 Å². The Morgan fingerprint density at radius 2 is 1.81 bits per heavy atom. The van der Waals surface area contributed by atoms with Gasteiger partial charge in [0.25, 0.3) is 0 Å². The molecule has 0 amide bonds. The van der Waals surface area contributed by atoms with Crippen LogP contribution in [0.5, 0.6) is 0 Å². The van der Waals surface area contributed by atoms with E-state index in [2.05, 4.69) is 67.2 Å². The van der Waals surface area contributed by atoms with Crippen LogP contribution >= 0.6 is 0 Å². The summed E-state index contributed by atoms with van der Waals surface area (Å²) in [5, 5.41) is 0. The van der Waals surface area contributed by atoms with Crippen LogP contribution in [0.15, 0.2) is 48.8 Å². The SMILES string of the molecule is CCC(N)C(c1ccncc1)N(C)Cc1ccccc1C. The molecule has 2 aromatic rings. The van der Waals surface area contributed by atoms with Gasteiger partial charge in [-0.3, -0.25) is 9.88 Å². The average Bonchev–Trinajstić information content (AvgIpc) is 2.50. The quantitative estimate of drug-likeness (QED) is 0.884. The number of rotatable bonds is 6. The first-order valence-electron chi connectivity index (χ1n) is 7.53. The van der Waals surface area contributed by atoms with E-state index in [0.29, 0.717) is 0 Å². The second-order valence-corrected chi connectivity index (χ2v) is 5.64. The topological polar surface area (TPSA) is 42.1 Å².